The minimum Gasteiger partial charge on any atom is -0.337 e. The summed E-state index contributed by atoms with van der Waals surface area (Å²) >= 11 is 0. The maximum absolute atomic E-state index is 13.4. The van der Waals surface area contributed by atoms with Crippen molar-refractivity contribution in [1.82, 2.24) is 9.55 Å². The Hall–Kier alpha value is -3.24. The summed E-state index contributed by atoms with van der Waals surface area (Å²) in [6, 6.07) is 26.2. The van der Waals surface area contributed by atoms with Crippen LogP contribution in [0.5, 0.6) is 0 Å². The van der Waals surface area contributed by atoms with E-state index in [4.69, 9.17) is 4.98 Å². The van der Waals surface area contributed by atoms with Crippen molar-refractivity contribution in [1.29, 1.82) is 0 Å². The standard InChI is InChI=1S/C25H25N3O/c1-18-9-8-12-21(17-18)28-24(27-23-14-7-6-13-22(23)25(28)29)19(2)26-16-15-20-10-4-3-5-11-20/h3-14,17,19,26H,15-16H2,1-2H3/p+1/t19-/m1/s1. The number of aryl methyl sites for hydroxylation is 1. The monoisotopic (exact) mass is 384 g/mol. The Labute approximate surface area is 170 Å². The molecule has 0 fully saturated rings. The number of fused-ring (bicyclic) bond motifs is 1. The van der Waals surface area contributed by atoms with Gasteiger partial charge >= 0.3 is 0 Å². The molecule has 4 aromatic rings. The molecule has 4 rings (SSSR count). The summed E-state index contributed by atoms with van der Waals surface area (Å²) in [7, 11) is 0. The second-order valence-electron chi connectivity index (χ2n) is 7.52. The minimum atomic E-state index is -0.0143. The van der Waals surface area contributed by atoms with E-state index in [-0.39, 0.29) is 11.6 Å². The summed E-state index contributed by atoms with van der Waals surface area (Å²) in [4.78, 5) is 18.3. The van der Waals surface area contributed by atoms with Gasteiger partial charge in [0.1, 0.15) is 6.04 Å². The van der Waals surface area contributed by atoms with E-state index in [0.717, 1.165) is 35.6 Å². The molecule has 0 bridgehead atoms. The second kappa shape index (κ2) is 8.41. The van der Waals surface area contributed by atoms with Gasteiger partial charge in [-0.1, -0.05) is 54.6 Å². The van der Waals surface area contributed by atoms with Crippen molar-refractivity contribution in [3.63, 3.8) is 0 Å². The Bertz CT molecular complexity index is 1180. The fourth-order valence-electron chi connectivity index (χ4n) is 3.72. The third kappa shape index (κ3) is 4.13. The molecule has 4 nitrogen and oxygen atoms in total. The zero-order valence-electron chi connectivity index (χ0n) is 16.9. The zero-order chi connectivity index (χ0) is 20.2. The van der Waals surface area contributed by atoms with Gasteiger partial charge in [0.05, 0.1) is 23.1 Å². The maximum Gasteiger partial charge on any atom is 0.266 e. The van der Waals surface area contributed by atoms with Crippen LogP contribution in [0.4, 0.5) is 0 Å². The SMILES string of the molecule is Cc1cccc(-n2c([C@@H](C)[NH2+]CCc3ccccc3)nc3ccccc3c2=O)c1. The Morgan fingerprint density at radius 2 is 1.72 bits per heavy atom. The summed E-state index contributed by atoms with van der Waals surface area (Å²) in [6.07, 6.45) is 0.980. The summed E-state index contributed by atoms with van der Waals surface area (Å²) in [6.45, 7) is 5.09. The molecule has 0 aliphatic rings. The molecule has 0 radical (unpaired) electrons. The number of aromatic nitrogens is 2. The van der Waals surface area contributed by atoms with E-state index in [2.05, 4.69) is 36.5 Å². The van der Waals surface area contributed by atoms with Crippen molar-refractivity contribution >= 4 is 10.9 Å². The highest BCUT2D eigenvalue weighted by Crippen LogP contribution is 2.17. The van der Waals surface area contributed by atoms with E-state index in [1.165, 1.54) is 5.56 Å². The summed E-state index contributed by atoms with van der Waals surface area (Å²) in [5, 5.41) is 2.91. The molecule has 0 unspecified atom stereocenters. The quantitative estimate of drug-likeness (QED) is 0.553. The molecule has 146 valence electrons. The number of nitrogens with zero attached hydrogens (tertiary/aromatic N) is 2. The van der Waals surface area contributed by atoms with Gasteiger partial charge in [0.2, 0.25) is 0 Å². The van der Waals surface area contributed by atoms with Crippen molar-refractivity contribution in [3.8, 4) is 5.69 Å². The van der Waals surface area contributed by atoms with E-state index >= 15 is 0 Å². The zero-order valence-corrected chi connectivity index (χ0v) is 16.9. The second-order valence-corrected chi connectivity index (χ2v) is 7.52. The molecule has 1 aromatic heterocycles. The molecule has 0 aliphatic heterocycles. The molecule has 4 heteroatoms. The summed E-state index contributed by atoms with van der Waals surface area (Å²) in [5.74, 6) is 0.785. The summed E-state index contributed by atoms with van der Waals surface area (Å²) in [5.41, 5.74) is 4.04. The highest BCUT2D eigenvalue weighted by molar-refractivity contribution is 5.77. The van der Waals surface area contributed by atoms with Crippen molar-refractivity contribution in [2.75, 3.05) is 6.54 Å². The Kier molecular flexibility index (Phi) is 5.54. The van der Waals surface area contributed by atoms with Crippen molar-refractivity contribution in [3.05, 3.63) is 106 Å². The Morgan fingerprint density at radius 3 is 2.52 bits per heavy atom. The van der Waals surface area contributed by atoms with Crippen LogP contribution in [0.3, 0.4) is 0 Å². The molecule has 2 N–H and O–H groups in total. The molecule has 0 amide bonds. The first-order chi connectivity index (χ1) is 14.1. The number of benzene rings is 3. The average Bonchev–Trinajstić information content (AvgIpc) is 2.74. The highest BCUT2D eigenvalue weighted by Gasteiger charge is 2.20. The van der Waals surface area contributed by atoms with Crippen LogP contribution in [-0.2, 0) is 6.42 Å². The van der Waals surface area contributed by atoms with Gasteiger partial charge < -0.3 is 5.32 Å². The molecule has 1 atom stereocenters. The van der Waals surface area contributed by atoms with Crippen LogP contribution in [0.2, 0.25) is 0 Å². The molecular formula is C25H26N3O+. The van der Waals surface area contributed by atoms with Crippen molar-refractivity contribution < 1.29 is 5.32 Å². The number of rotatable bonds is 6. The maximum atomic E-state index is 13.4. The predicted molar refractivity (Wildman–Crippen MR) is 117 cm³/mol. The first-order valence-corrected chi connectivity index (χ1v) is 10.1. The molecule has 1 heterocycles. The lowest BCUT2D eigenvalue weighted by atomic mass is 10.1. The molecule has 0 spiro atoms. The number of nitrogens with two attached hydrogens (primary N) is 1. The lowest BCUT2D eigenvalue weighted by Crippen LogP contribution is -2.85. The first kappa shape index (κ1) is 19.1. The van der Waals surface area contributed by atoms with Gasteiger partial charge in [0.15, 0.2) is 5.82 Å². The molecule has 29 heavy (non-hydrogen) atoms. The van der Waals surface area contributed by atoms with Crippen LogP contribution in [0.25, 0.3) is 16.6 Å². The predicted octanol–water partition coefficient (Wildman–Crippen LogP) is 3.56. The summed E-state index contributed by atoms with van der Waals surface area (Å²) < 4.78 is 1.78. The molecule has 3 aromatic carbocycles. The van der Waals surface area contributed by atoms with E-state index in [9.17, 15) is 4.79 Å². The van der Waals surface area contributed by atoms with Gasteiger partial charge in [0, 0.05) is 6.42 Å². The van der Waals surface area contributed by atoms with Gasteiger partial charge in [-0.25, -0.2) is 4.98 Å². The van der Waals surface area contributed by atoms with E-state index in [1.54, 1.807) is 4.57 Å². The topological polar surface area (TPSA) is 51.5 Å². The Morgan fingerprint density at radius 1 is 0.966 bits per heavy atom. The normalized spacial score (nSPS) is 12.2. The van der Waals surface area contributed by atoms with Crippen molar-refractivity contribution in [2.45, 2.75) is 26.3 Å². The molecule has 0 saturated heterocycles. The van der Waals surface area contributed by atoms with E-state index < -0.39 is 0 Å². The smallest absolute Gasteiger partial charge is 0.266 e. The number of hydrogen-bond donors (Lipinski definition) is 1. The Balaban J connectivity index is 1.72. The van der Waals surface area contributed by atoms with Crippen molar-refractivity contribution in [2.24, 2.45) is 0 Å². The van der Waals surface area contributed by atoms with Crippen LogP contribution in [0, 0.1) is 6.92 Å². The van der Waals surface area contributed by atoms with Crippen LogP contribution in [-0.4, -0.2) is 16.1 Å². The number of para-hydroxylation sites is 1. The lowest BCUT2D eigenvalue weighted by molar-refractivity contribution is -0.693. The van der Waals surface area contributed by atoms with Gasteiger partial charge in [-0.15, -0.1) is 0 Å². The number of hydrogen-bond acceptors (Lipinski definition) is 2. The molecular weight excluding hydrogens is 358 g/mol. The first-order valence-electron chi connectivity index (χ1n) is 10.1. The average molecular weight is 385 g/mol. The lowest BCUT2D eigenvalue weighted by Gasteiger charge is -2.18. The van der Waals surface area contributed by atoms with Crippen LogP contribution >= 0.6 is 0 Å². The fraction of sp³-hybridized carbons (Fsp3) is 0.200. The van der Waals surface area contributed by atoms with Crippen LogP contribution in [0.15, 0.2) is 83.7 Å². The number of quaternary nitrogens is 1. The molecule has 0 saturated carbocycles. The van der Waals surface area contributed by atoms with E-state index in [1.807, 2.05) is 61.5 Å². The minimum absolute atomic E-state index is 0.0143. The van der Waals surface area contributed by atoms with Crippen LogP contribution < -0.4 is 10.9 Å². The van der Waals surface area contributed by atoms with E-state index in [0.29, 0.717) is 5.39 Å². The molecule has 0 aliphatic carbocycles. The van der Waals surface area contributed by atoms with Gasteiger partial charge in [-0.3, -0.25) is 9.36 Å². The van der Waals surface area contributed by atoms with Gasteiger partial charge in [-0.2, -0.15) is 0 Å². The van der Waals surface area contributed by atoms with Crippen LogP contribution in [0.1, 0.15) is 29.9 Å². The third-order valence-electron chi connectivity index (χ3n) is 5.26. The largest absolute Gasteiger partial charge is 0.337 e. The van der Waals surface area contributed by atoms with Gasteiger partial charge in [0.25, 0.3) is 5.56 Å². The third-order valence-corrected chi connectivity index (χ3v) is 5.26. The highest BCUT2D eigenvalue weighted by atomic mass is 16.1. The fourth-order valence-corrected chi connectivity index (χ4v) is 3.72. The van der Waals surface area contributed by atoms with Gasteiger partial charge in [-0.05, 0) is 49.2 Å².